The number of nitrogens with zero attached hydrogens (tertiary/aromatic N) is 3. The molecule has 3 aromatic rings. The van der Waals surface area contributed by atoms with Gasteiger partial charge in [0.05, 0.1) is 36.3 Å². The minimum absolute atomic E-state index is 0.0739. The lowest BCUT2D eigenvalue weighted by Crippen LogP contribution is -2.46. The molecule has 2 aliphatic rings. The molecule has 1 N–H and O–H groups in total. The first kappa shape index (κ1) is 19.6. The number of likely N-dealkylation sites (tertiary alicyclic amines) is 1. The molecule has 1 aromatic heterocycles. The van der Waals surface area contributed by atoms with Crippen molar-refractivity contribution in [2.75, 3.05) is 25.1 Å². The molecule has 0 saturated carbocycles. The summed E-state index contributed by atoms with van der Waals surface area (Å²) < 4.78 is 6.99. The molecule has 2 aliphatic heterocycles. The van der Waals surface area contributed by atoms with Gasteiger partial charge >= 0.3 is 5.69 Å². The number of methoxy groups -OCH3 is 1. The van der Waals surface area contributed by atoms with E-state index in [4.69, 9.17) is 4.74 Å². The second-order valence-electron chi connectivity index (χ2n) is 8.07. The summed E-state index contributed by atoms with van der Waals surface area (Å²) in [5.74, 6) is 0.307. The van der Waals surface area contributed by atoms with Gasteiger partial charge in [0.25, 0.3) is 5.91 Å². The first-order chi connectivity index (χ1) is 15.1. The van der Waals surface area contributed by atoms with Crippen molar-refractivity contribution < 1.29 is 14.3 Å². The van der Waals surface area contributed by atoms with Gasteiger partial charge in [0.1, 0.15) is 5.75 Å². The van der Waals surface area contributed by atoms with E-state index >= 15 is 0 Å². The first-order valence-electron chi connectivity index (χ1n) is 10.5. The van der Waals surface area contributed by atoms with Crippen molar-refractivity contribution in [3.8, 4) is 5.75 Å². The highest BCUT2D eigenvalue weighted by Crippen LogP contribution is 2.31. The molecular formula is C23H24N4O4. The van der Waals surface area contributed by atoms with Gasteiger partial charge in [0.15, 0.2) is 0 Å². The van der Waals surface area contributed by atoms with Crippen molar-refractivity contribution in [2.24, 2.45) is 0 Å². The molecular weight excluding hydrogens is 396 g/mol. The highest BCUT2D eigenvalue weighted by atomic mass is 16.5. The third-order valence-corrected chi connectivity index (χ3v) is 6.38. The van der Waals surface area contributed by atoms with Crippen molar-refractivity contribution >= 4 is 28.5 Å². The monoisotopic (exact) mass is 420 g/mol. The van der Waals surface area contributed by atoms with E-state index in [1.807, 2.05) is 28.8 Å². The number of anilines is 1. The number of hydrogen-bond acceptors (Lipinski definition) is 5. The maximum Gasteiger partial charge on any atom is 0.326 e. The Bertz CT molecular complexity index is 1190. The number of carbonyl (C=O) groups is 2. The summed E-state index contributed by atoms with van der Waals surface area (Å²) in [6, 6.07) is 14.3. The SMILES string of the molecule is COc1ccc(N2C(=O)C[C@@H](N3CCC(n4c(=O)[nH]c5ccccc54)CC3)C2=O)cc1. The molecule has 2 amide bonds. The molecule has 3 heterocycles. The van der Waals surface area contributed by atoms with E-state index in [2.05, 4.69) is 9.88 Å². The van der Waals surface area contributed by atoms with Crippen LogP contribution in [0.4, 0.5) is 5.69 Å². The number of amides is 2. The Labute approximate surface area is 179 Å². The van der Waals surface area contributed by atoms with Gasteiger partial charge < -0.3 is 9.72 Å². The summed E-state index contributed by atoms with van der Waals surface area (Å²) in [7, 11) is 1.57. The van der Waals surface area contributed by atoms with Crippen LogP contribution in [0.5, 0.6) is 5.75 Å². The highest BCUT2D eigenvalue weighted by molar-refractivity contribution is 6.22. The topological polar surface area (TPSA) is 87.6 Å². The average molecular weight is 420 g/mol. The van der Waals surface area contributed by atoms with Gasteiger partial charge in [-0.1, -0.05) is 12.1 Å². The van der Waals surface area contributed by atoms with Crippen LogP contribution in [0, 0.1) is 0 Å². The van der Waals surface area contributed by atoms with Crippen LogP contribution in [0.15, 0.2) is 53.3 Å². The molecule has 8 heteroatoms. The van der Waals surface area contributed by atoms with Gasteiger partial charge in [-0.05, 0) is 49.2 Å². The van der Waals surface area contributed by atoms with Crippen LogP contribution in [0.2, 0.25) is 0 Å². The summed E-state index contributed by atoms with van der Waals surface area (Å²) in [5, 5.41) is 0. The second-order valence-corrected chi connectivity index (χ2v) is 8.07. The van der Waals surface area contributed by atoms with Gasteiger partial charge in [-0.3, -0.25) is 19.1 Å². The molecule has 8 nitrogen and oxygen atoms in total. The van der Waals surface area contributed by atoms with Gasteiger partial charge in [0.2, 0.25) is 5.91 Å². The Morgan fingerprint density at radius 1 is 0.968 bits per heavy atom. The lowest BCUT2D eigenvalue weighted by molar-refractivity contribution is -0.123. The van der Waals surface area contributed by atoms with Crippen molar-refractivity contribution in [1.82, 2.24) is 14.5 Å². The number of hydrogen-bond donors (Lipinski definition) is 1. The molecule has 1 atom stereocenters. The molecule has 2 aromatic carbocycles. The molecule has 5 rings (SSSR count). The van der Waals surface area contributed by atoms with Crippen molar-refractivity contribution in [1.29, 1.82) is 0 Å². The first-order valence-corrected chi connectivity index (χ1v) is 10.5. The number of fused-ring (bicyclic) bond motifs is 1. The Morgan fingerprint density at radius 3 is 2.39 bits per heavy atom. The van der Waals surface area contributed by atoms with Crippen LogP contribution in [0.3, 0.4) is 0 Å². The standard InChI is InChI=1S/C23H24N4O4/c1-31-17-8-6-15(7-9-17)27-21(28)14-20(22(27)29)25-12-10-16(11-13-25)26-19-5-3-2-4-18(19)24-23(26)30/h2-9,16,20H,10-14H2,1H3,(H,24,30)/t20-/m1/s1. The number of benzene rings is 2. The summed E-state index contributed by atoms with van der Waals surface area (Å²) in [5.41, 5.74) is 2.21. The maximum absolute atomic E-state index is 13.1. The largest absolute Gasteiger partial charge is 0.497 e. The minimum Gasteiger partial charge on any atom is -0.497 e. The smallest absolute Gasteiger partial charge is 0.326 e. The molecule has 0 aliphatic carbocycles. The van der Waals surface area contributed by atoms with Crippen molar-refractivity contribution in [2.45, 2.75) is 31.3 Å². The van der Waals surface area contributed by atoms with Crippen molar-refractivity contribution in [3.63, 3.8) is 0 Å². The quantitative estimate of drug-likeness (QED) is 0.655. The number of imide groups is 1. The van der Waals surface area contributed by atoms with Gasteiger partial charge in [-0.15, -0.1) is 0 Å². The Morgan fingerprint density at radius 2 is 1.68 bits per heavy atom. The zero-order chi connectivity index (χ0) is 21.5. The second kappa shape index (κ2) is 7.70. The third kappa shape index (κ3) is 3.33. The number of carbonyl (C=O) groups excluding carboxylic acids is 2. The average Bonchev–Trinajstić information content (AvgIpc) is 3.29. The number of aromatic amines is 1. The Hall–Kier alpha value is -3.39. The maximum atomic E-state index is 13.1. The molecule has 2 fully saturated rings. The fourth-order valence-electron chi connectivity index (χ4n) is 4.80. The number of aromatic nitrogens is 2. The summed E-state index contributed by atoms with van der Waals surface area (Å²) >= 11 is 0. The lowest BCUT2D eigenvalue weighted by Gasteiger charge is -2.35. The zero-order valence-electron chi connectivity index (χ0n) is 17.3. The fraction of sp³-hybridized carbons (Fsp3) is 0.348. The van der Waals surface area contributed by atoms with E-state index in [-0.39, 0.29) is 30.0 Å². The third-order valence-electron chi connectivity index (χ3n) is 6.38. The number of imidazole rings is 1. The normalized spacial score (nSPS) is 20.7. The van der Waals surface area contributed by atoms with E-state index in [0.717, 1.165) is 23.9 Å². The molecule has 2 saturated heterocycles. The number of ether oxygens (including phenoxy) is 1. The van der Waals surface area contributed by atoms with E-state index < -0.39 is 6.04 Å². The van der Waals surface area contributed by atoms with Gasteiger partial charge in [-0.25, -0.2) is 9.69 Å². The molecule has 0 radical (unpaired) electrons. The van der Waals surface area contributed by atoms with Crippen LogP contribution < -0.4 is 15.3 Å². The Balaban J connectivity index is 1.30. The predicted molar refractivity (Wildman–Crippen MR) is 116 cm³/mol. The molecule has 160 valence electrons. The van der Waals surface area contributed by atoms with Crippen LogP contribution >= 0.6 is 0 Å². The van der Waals surface area contributed by atoms with Crippen molar-refractivity contribution in [3.05, 3.63) is 59.0 Å². The molecule has 0 bridgehead atoms. The molecule has 0 unspecified atom stereocenters. The van der Waals surface area contributed by atoms with Gasteiger partial charge in [0, 0.05) is 19.1 Å². The number of para-hydroxylation sites is 2. The Kier molecular flexibility index (Phi) is 4.86. The fourth-order valence-corrected chi connectivity index (χ4v) is 4.80. The predicted octanol–water partition coefficient (Wildman–Crippen LogP) is 2.31. The lowest BCUT2D eigenvalue weighted by atomic mass is 10.0. The zero-order valence-corrected chi connectivity index (χ0v) is 17.3. The van der Waals surface area contributed by atoms with E-state index in [1.165, 1.54) is 4.90 Å². The minimum atomic E-state index is -0.449. The molecule has 31 heavy (non-hydrogen) atoms. The molecule has 0 spiro atoms. The number of piperidine rings is 1. The summed E-state index contributed by atoms with van der Waals surface area (Å²) in [6.07, 6.45) is 1.69. The van der Waals surface area contributed by atoms with Gasteiger partial charge in [-0.2, -0.15) is 0 Å². The van der Waals surface area contributed by atoms with Crippen LogP contribution in [-0.4, -0.2) is 52.5 Å². The van der Waals surface area contributed by atoms with E-state index in [1.54, 1.807) is 31.4 Å². The van der Waals surface area contributed by atoms with Crippen LogP contribution in [-0.2, 0) is 9.59 Å². The highest BCUT2D eigenvalue weighted by Gasteiger charge is 2.43. The summed E-state index contributed by atoms with van der Waals surface area (Å²) in [6.45, 7) is 1.33. The number of rotatable bonds is 4. The van der Waals surface area contributed by atoms with Crippen LogP contribution in [0.25, 0.3) is 11.0 Å². The number of nitrogens with one attached hydrogen (secondary N) is 1. The number of H-pyrrole nitrogens is 1. The summed E-state index contributed by atoms with van der Waals surface area (Å²) in [4.78, 5) is 44.5. The van der Waals surface area contributed by atoms with Crippen LogP contribution in [0.1, 0.15) is 25.3 Å². The van der Waals surface area contributed by atoms with E-state index in [0.29, 0.717) is 24.5 Å². The van der Waals surface area contributed by atoms with E-state index in [9.17, 15) is 14.4 Å².